The summed E-state index contributed by atoms with van der Waals surface area (Å²) in [6, 6.07) is 0. The molecule has 2 aliphatic carbocycles. The molecule has 2 aliphatic rings. The van der Waals surface area contributed by atoms with Crippen LogP contribution in [0.3, 0.4) is 0 Å². The summed E-state index contributed by atoms with van der Waals surface area (Å²) < 4.78 is 0. The minimum atomic E-state index is 0.870. The van der Waals surface area contributed by atoms with Crippen LogP contribution in [-0.2, 0) is 0 Å². The number of hydrogen-bond acceptors (Lipinski definition) is 0. The fourth-order valence-electron chi connectivity index (χ4n) is 2.77. The molecule has 2 saturated carbocycles. The highest BCUT2D eigenvalue weighted by Crippen LogP contribution is 2.41. The Morgan fingerprint density at radius 1 is 1.15 bits per heavy atom. The fraction of sp³-hybridized carbons (Fsp3) is 0.846. The molecule has 13 heavy (non-hydrogen) atoms. The smallest absolute Gasteiger partial charge is 0.0180 e. The normalized spacial score (nSPS) is 34.5. The molecule has 0 heteroatoms. The largest absolute Gasteiger partial charge is 0.0996 e. The van der Waals surface area contributed by atoms with Gasteiger partial charge in [0.15, 0.2) is 0 Å². The molecular formula is C13H22. The Labute approximate surface area is 82.4 Å². The van der Waals surface area contributed by atoms with Crippen LogP contribution in [0.25, 0.3) is 0 Å². The second-order valence-corrected chi connectivity index (χ2v) is 5.17. The quantitative estimate of drug-likeness (QED) is 0.569. The van der Waals surface area contributed by atoms with E-state index in [-0.39, 0.29) is 0 Å². The molecule has 0 nitrogen and oxygen atoms in total. The Morgan fingerprint density at radius 2 is 1.85 bits per heavy atom. The summed E-state index contributed by atoms with van der Waals surface area (Å²) in [5, 5.41) is 0. The summed E-state index contributed by atoms with van der Waals surface area (Å²) in [4.78, 5) is 0. The van der Waals surface area contributed by atoms with Crippen molar-refractivity contribution in [3.63, 3.8) is 0 Å². The maximum absolute atomic E-state index is 4.31. The lowest BCUT2D eigenvalue weighted by Gasteiger charge is -2.30. The molecule has 0 radical (unpaired) electrons. The number of hydrogen-bond donors (Lipinski definition) is 0. The Kier molecular flexibility index (Phi) is 2.76. The third-order valence-corrected chi connectivity index (χ3v) is 3.88. The molecule has 0 bridgehead atoms. The van der Waals surface area contributed by atoms with E-state index in [1.807, 2.05) is 0 Å². The average Bonchev–Trinajstić information content (AvgIpc) is 2.89. The molecule has 2 atom stereocenters. The highest BCUT2D eigenvalue weighted by atomic mass is 14.3. The third-order valence-electron chi connectivity index (χ3n) is 3.88. The summed E-state index contributed by atoms with van der Waals surface area (Å²) in [5.41, 5.74) is 1.58. The predicted octanol–water partition coefficient (Wildman–Crippen LogP) is 4.17. The summed E-state index contributed by atoms with van der Waals surface area (Å²) in [7, 11) is 0. The second-order valence-electron chi connectivity index (χ2n) is 5.17. The summed E-state index contributed by atoms with van der Waals surface area (Å²) in [6.07, 6.45) is 10.0. The van der Waals surface area contributed by atoms with Gasteiger partial charge in [-0.05, 0) is 43.4 Å². The lowest BCUT2D eigenvalue weighted by atomic mass is 9.75. The van der Waals surface area contributed by atoms with Crippen LogP contribution in [0.5, 0.6) is 0 Å². The molecule has 2 fully saturated rings. The minimum Gasteiger partial charge on any atom is -0.0996 e. The molecule has 0 saturated heterocycles. The van der Waals surface area contributed by atoms with Crippen molar-refractivity contribution >= 4 is 0 Å². The molecule has 74 valence electrons. The van der Waals surface area contributed by atoms with Gasteiger partial charge in [-0.3, -0.25) is 0 Å². The van der Waals surface area contributed by atoms with Gasteiger partial charge in [0.25, 0.3) is 0 Å². The molecule has 0 heterocycles. The van der Waals surface area contributed by atoms with Crippen LogP contribution in [-0.4, -0.2) is 0 Å². The first-order valence-corrected chi connectivity index (χ1v) is 5.95. The maximum atomic E-state index is 4.31. The topological polar surface area (TPSA) is 0 Å². The highest BCUT2D eigenvalue weighted by Gasteiger charge is 2.28. The molecule has 0 aliphatic heterocycles. The van der Waals surface area contributed by atoms with Crippen molar-refractivity contribution in [2.24, 2.45) is 17.8 Å². The van der Waals surface area contributed by atoms with Crippen LogP contribution in [0.2, 0.25) is 0 Å². The second kappa shape index (κ2) is 3.86. The van der Waals surface area contributed by atoms with E-state index < -0.39 is 0 Å². The van der Waals surface area contributed by atoms with Gasteiger partial charge in [0.2, 0.25) is 0 Å². The summed E-state index contributed by atoms with van der Waals surface area (Å²) in [6.45, 7) is 6.73. The van der Waals surface area contributed by atoms with Crippen LogP contribution in [0.15, 0.2) is 12.2 Å². The van der Waals surface area contributed by atoms with Crippen molar-refractivity contribution in [2.75, 3.05) is 0 Å². The van der Waals surface area contributed by atoms with Crippen LogP contribution in [0.4, 0.5) is 0 Å². The van der Waals surface area contributed by atoms with Gasteiger partial charge in [-0.1, -0.05) is 38.3 Å². The Bertz CT molecular complexity index is 188. The first kappa shape index (κ1) is 9.30. The van der Waals surface area contributed by atoms with Crippen molar-refractivity contribution < 1.29 is 0 Å². The number of rotatable bonds is 3. The van der Waals surface area contributed by atoms with Gasteiger partial charge in [0.05, 0.1) is 0 Å². The van der Waals surface area contributed by atoms with E-state index in [9.17, 15) is 0 Å². The van der Waals surface area contributed by atoms with Crippen molar-refractivity contribution in [3.05, 3.63) is 12.2 Å². The minimum absolute atomic E-state index is 0.870. The maximum Gasteiger partial charge on any atom is -0.0180 e. The molecule has 0 aromatic heterocycles. The number of allylic oxidation sites excluding steroid dienone is 1. The molecule has 0 spiro atoms. The van der Waals surface area contributed by atoms with Crippen LogP contribution < -0.4 is 0 Å². The SMILES string of the molecule is C=C(CC1CC1)C1CCCCC1C. The van der Waals surface area contributed by atoms with Crippen molar-refractivity contribution in [2.45, 2.75) is 51.9 Å². The van der Waals surface area contributed by atoms with Crippen molar-refractivity contribution in [1.29, 1.82) is 0 Å². The molecule has 0 N–H and O–H groups in total. The van der Waals surface area contributed by atoms with Gasteiger partial charge in [0.1, 0.15) is 0 Å². The van der Waals surface area contributed by atoms with Gasteiger partial charge in [0, 0.05) is 0 Å². The van der Waals surface area contributed by atoms with Gasteiger partial charge in [-0.15, -0.1) is 0 Å². The van der Waals surface area contributed by atoms with Gasteiger partial charge < -0.3 is 0 Å². The zero-order valence-electron chi connectivity index (χ0n) is 8.89. The molecule has 0 aromatic carbocycles. The van der Waals surface area contributed by atoms with E-state index in [1.165, 1.54) is 44.9 Å². The zero-order chi connectivity index (χ0) is 9.26. The average molecular weight is 178 g/mol. The highest BCUT2D eigenvalue weighted by molar-refractivity contribution is 5.06. The first-order valence-electron chi connectivity index (χ1n) is 5.95. The first-order chi connectivity index (χ1) is 6.27. The van der Waals surface area contributed by atoms with Gasteiger partial charge >= 0.3 is 0 Å². The fourth-order valence-corrected chi connectivity index (χ4v) is 2.77. The van der Waals surface area contributed by atoms with Gasteiger partial charge in [-0.2, -0.15) is 0 Å². The van der Waals surface area contributed by atoms with E-state index in [4.69, 9.17) is 0 Å². The van der Waals surface area contributed by atoms with Crippen molar-refractivity contribution in [3.8, 4) is 0 Å². The van der Waals surface area contributed by atoms with Crippen LogP contribution in [0, 0.1) is 17.8 Å². The lowest BCUT2D eigenvalue weighted by Crippen LogP contribution is -2.18. The summed E-state index contributed by atoms with van der Waals surface area (Å²) >= 11 is 0. The molecule has 2 rings (SSSR count). The van der Waals surface area contributed by atoms with E-state index in [1.54, 1.807) is 5.57 Å². The molecule has 0 amide bonds. The van der Waals surface area contributed by atoms with Gasteiger partial charge in [-0.25, -0.2) is 0 Å². The third kappa shape index (κ3) is 2.36. The van der Waals surface area contributed by atoms with E-state index in [0.29, 0.717) is 0 Å². The van der Waals surface area contributed by atoms with Crippen LogP contribution >= 0.6 is 0 Å². The zero-order valence-corrected chi connectivity index (χ0v) is 8.89. The Hall–Kier alpha value is -0.260. The van der Waals surface area contributed by atoms with E-state index >= 15 is 0 Å². The van der Waals surface area contributed by atoms with E-state index in [2.05, 4.69) is 13.5 Å². The Balaban J connectivity index is 1.85. The standard InChI is InChI=1S/C13H22/c1-10-5-3-4-6-13(10)11(2)9-12-7-8-12/h10,12-13H,2-9H2,1H3. The molecule has 2 unspecified atom stereocenters. The Morgan fingerprint density at radius 3 is 2.46 bits per heavy atom. The lowest BCUT2D eigenvalue weighted by molar-refractivity contribution is 0.287. The molecular weight excluding hydrogens is 156 g/mol. The van der Waals surface area contributed by atoms with Crippen molar-refractivity contribution in [1.82, 2.24) is 0 Å². The monoisotopic (exact) mass is 178 g/mol. The molecule has 0 aromatic rings. The summed E-state index contributed by atoms with van der Waals surface area (Å²) in [5.74, 6) is 2.82. The predicted molar refractivity (Wildman–Crippen MR) is 57.6 cm³/mol. The van der Waals surface area contributed by atoms with E-state index in [0.717, 1.165) is 17.8 Å². The van der Waals surface area contributed by atoms with Crippen LogP contribution in [0.1, 0.15) is 51.9 Å².